The Bertz CT molecular complexity index is 696. The van der Waals surface area contributed by atoms with Crippen LogP contribution < -0.4 is 0 Å². The Morgan fingerprint density at radius 2 is 2.14 bits per heavy atom. The van der Waals surface area contributed by atoms with E-state index >= 15 is 0 Å². The predicted molar refractivity (Wildman–Crippen MR) is 77.7 cm³/mol. The zero-order chi connectivity index (χ0) is 15.6. The molecule has 0 aliphatic carbocycles. The lowest BCUT2D eigenvalue weighted by Gasteiger charge is -2.02. The Kier molecular flexibility index (Phi) is 4.37. The number of benzene rings is 1. The van der Waals surface area contributed by atoms with Crippen LogP contribution >= 0.6 is 11.8 Å². The second-order valence-corrected chi connectivity index (χ2v) is 5.76. The molecule has 2 aromatic rings. The standard InChI is InChI=1S/C13H14N4O3S/c1-7(2)12-14-13(16-15-12)21-11-5-4-9(8(3)18)6-10(11)17(19)20/h4-7H,1-3H3,(H,14,15,16). The molecular formula is C13H14N4O3S. The van der Waals surface area contributed by atoms with E-state index in [-0.39, 0.29) is 17.4 Å². The van der Waals surface area contributed by atoms with E-state index in [2.05, 4.69) is 15.2 Å². The Hall–Kier alpha value is -2.22. The molecule has 0 amide bonds. The lowest BCUT2D eigenvalue weighted by molar-refractivity contribution is -0.387. The lowest BCUT2D eigenvalue weighted by atomic mass is 10.1. The van der Waals surface area contributed by atoms with Gasteiger partial charge in [-0.05, 0) is 30.8 Å². The van der Waals surface area contributed by atoms with Crippen molar-refractivity contribution >= 4 is 23.2 Å². The maximum absolute atomic E-state index is 11.3. The first-order valence-corrected chi connectivity index (χ1v) is 7.09. The molecule has 2 rings (SSSR count). The summed E-state index contributed by atoms with van der Waals surface area (Å²) in [5.74, 6) is 0.706. The summed E-state index contributed by atoms with van der Waals surface area (Å²) in [7, 11) is 0. The van der Waals surface area contributed by atoms with Gasteiger partial charge in [-0.1, -0.05) is 13.8 Å². The number of ketones is 1. The Morgan fingerprint density at radius 1 is 1.43 bits per heavy atom. The summed E-state index contributed by atoms with van der Waals surface area (Å²) in [6.45, 7) is 5.31. The second-order valence-electron chi connectivity index (χ2n) is 4.76. The molecule has 0 saturated heterocycles. The summed E-state index contributed by atoms with van der Waals surface area (Å²) in [6.07, 6.45) is 0. The van der Waals surface area contributed by atoms with Gasteiger partial charge in [-0.3, -0.25) is 20.0 Å². The van der Waals surface area contributed by atoms with Crippen molar-refractivity contribution in [2.45, 2.75) is 36.7 Å². The van der Waals surface area contributed by atoms with Crippen molar-refractivity contribution in [1.82, 2.24) is 15.2 Å². The van der Waals surface area contributed by atoms with Crippen LogP contribution in [-0.4, -0.2) is 25.9 Å². The van der Waals surface area contributed by atoms with Gasteiger partial charge in [-0.2, -0.15) is 0 Å². The minimum Gasteiger partial charge on any atom is -0.295 e. The van der Waals surface area contributed by atoms with Crippen LogP contribution in [0.2, 0.25) is 0 Å². The van der Waals surface area contributed by atoms with Crippen LogP contribution in [0.25, 0.3) is 0 Å². The van der Waals surface area contributed by atoms with Gasteiger partial charge >= 0.3 is 0 Å². The van der Waals surface area contributed by atoms with E-state index in [0.717, 1.165) is 17.6 Å². The molecule has 21 heavy (non-hydrogen) atoms. The molecule has 0 unspecified atom stereocenters. The van der Waals surface area contributed by atoms with Gasteiger partial charge in [-0.15, -0.1) is 5.10 Å². The first-order chi connectivity index (χ1) is 9.88. The van der Waals surface area contributed by atoms with Crippen molar-refractivity contribution in [1.29, 1.82) is 0 Å². The van der Waals surface area contributed by atoms with Crippen molar-refractivity contribution in [3.63, 3.8) is 0 Å². The zero-order valence-electron chi connectivity index (χ0n) is 11.8. The summed E-state index contributed by atoms with van der Waals surface area (Å²) in [6, 6.07) is 4.39. The zero-order valence-corrected chi connectivity index (χ0v) is 12.6. The minimum atomic E-state index is -0.509. The molecule has 1 aromatic heterocycles. The third kappa shape index (κ3) is 3.46. The summed E-state index contributed by atoms with van der Waals surface area (Å²) >= 11 is 1.09. The van der Waals surface area contributed by atoms with Gasteiger partial charge in [0.05, 0.1) is 9.82 Å². The summed E-state index contributed by atoms with van der Waals surface area (Å²) in [5, 5.41) is 18.4. The van der Waals surface area contributed by atoms with Crippen LogP contribution in [0.15, 0.2) is 28.3 Å². The molecule has 0 fully saturated rings. The highest BCUT2D eigenvalue weighted by atomic mass is 32.2. The lowest BCUT2D eigenvalue weighted by Crippen LogP contribution is -1.97. The number of nitrogens with zero attached hydrogens (tertiary/aromatic N) is 3. The van der Waals surface area contributed by atoms with Crippen molar-refractivity contribution in [2.75, 3.05) is 0 Å². The van der Waals surface area contributed by atoms with Gasteiger partial charge in [0.25, 0.3) is 5.69 Å². The number of H-pyrrole nitrogens is 1. The largest absolute Gasteiger partial charge is 0.295 e. The van der Waals surface area contributed by atoms with Gasteiger partial charge in [0.1, 0.15) is 5.82 Å². The van der Waals surface area contributed by atoms with Crippen molar-refractivity contribution in [3.05, 3.63) is 39.7 Å². The highest BCUT2D eigenvalue weighted by Crippen LogP contribution is 2.34. The molecule has 0 saturated carbocycles. The fourth-order valence-electron chi connectivity index (χ4n) is 1.63. The maximum Gasteiger partial charge on any atom is 0.284 e. The van der Waals surface area contributed by atoms with Gasteiger partial charge in [0.2, 0.25) is 5.16 Å². The Labute approximate surface area is 125 Å². The van der Waals surface area contributed by atoms with Crippen LogP contribution in [0, 0.1) is 10.1 Å². The molecule has 0 spiro atoms. The third-order valence-electron chi connectivity index (χ3n) is 2.79. The number of carbonyl (C=O) groups excluding carboxylic acids is 1. The second kappa shape index (κ2) is 6.04. The summed E-state index contributed by atoms with van der Waals surface area (Å²) in [4.78, 5) is 26.6. The Balaban J connectivity index is 2.34. The smallest absolute Gasteiger partial charge is 0.284 e. The molecule has 0 aliphatic heterocycles. The number of aromatic nitrogens is 3. The first kappa shape index (κ1) is 15.2. The Morgan fingerprint density at radius 3 is 2.67 bits per heavy atom. The van der Waals surface area contributed by atoms with Crippen LogP contribution in [0.5, 0.6) is 0 Å². The number of Topliss-reactive ketones (excluding diaryl/α,β-unsaturated/α-hetero) is 1. The van der Waals surface area contributed by atoms with Crippen LogP contribution in [0.3, 0.4) is 0 Å². The molecule has 1 N–H and O–H groups in total. The molecule has 0 aliphatic rings. The van der Waals surface area contributed by atoms with Gasteiger partial charge in [0, 0.05) is 17.5 Å². The van der Waals surface area contributed by atoms with E-state index < -0.39 is 4.92 Å². The van der Waals surface area contributed by atoms with E-state index in [1.807, 2.05) is 13.8 Å². The maximum atomic E-state index is 11.3. The average molecular weight is 306 g/mol. The van der Waals surface area contributed by atoms with Gasteiger partial charge in [-0.25, -0.2) is 4.98 Å². The number of nitro groups is 1. The normalized spacial score (nSPS) is 10.9. The van der Waals surface area contributed by atoms with Crippen LogP contribution in [0.4, 0.5) is 5.69 Å². The fourth-order valence-corrected chi connectivity index (χ4v) is 2.43. The number of rotatable bonds is 5. The van der Waals surface area contributed by atoms with Crippen LogP contribution in [-0.2, 0) is 0 Å². The van der Waals surface area contributed by atoms with E-state index in [0.29, 0.717) is 15.6 Å². The average Bonchev–Trinajstić information content (AvgIpc) is 2.87. The molecule has 7 nitrogen and oxygen atoms in total. The van der Waals surface area contributed by atoms with E-state index in [4.69, 9.17) is 0 Å². The van der Waals surface area contributed by atoms with Gasteiger partial charge < -0.3 is 0 Å². The first-order valence-electron chi connectivity index (χ1n) is 6.28. The summed E-state index contributed by atoms with van der Waals surface area (Å²) in [5.41, 5.74) is 0.188. The minimum absolute atomic E-state index is 0.122. The van der Waals surface area contributed by atoms with E-state index in [9.17, 15) is 14.9 Å². The molecule has 8 heteroatoms. The SMILES string of the molecule is CC(=O)c1ccc(Sc2n[nH]c(C(C)C)n2)c([N+](=O)[O-])c1. The highest BCUT2D eigenvalue weighted by Gasteiger charge is 2.19. The monoisotopic (exact) mass is 306 g/mol. The molecule has 0 radical (unpaired) electrons. The molecule has 0 atom stereocenters. The number of hydrogen-bond donors (Lipinski definition) is 1. The van der Waals surface area contributed by atoms with E-state index in [1.54, 1.807) is 12.1 Å². The quantitative estimate of drug-likeness (QED) is 0.517. The fraction of sp³-hybridized carbons (Fsp3) is 0.308. The van der Waals surface area contributed by atoms with E-state index in [1.165, 1.54) is 13.0 Å². The topological polar surface area (TPSA) is 102 Å². The number of nitro benzene ring substituents is 1. The van der Waals surface area contributed by atoms with Gasteiger partial charge in [0.15, 0.2) is 5.78 Å². The van der Waals surface area contributed by atoms with Crippen molar-refractivity contribution in [3.8, 4) is 0 Å². The molecule has 0 bridgehead atoms. The summed E-state index contributed by atoms with van der Waals surface area (Å²) < 4.78 is 0. The highest BCUT2D eigenvalue weighted by molar-refractivity contribution is 7.99. The number of aromatic amines is 1. The number of hydrogen-bond acceptors (Lipinski definition) is 6. The molecule has 110 valence electrons. The third-order valence-corrected chi connectivity index (χ3v) is 3.72. The van der Waals surface area contributed by atoms with Crippen molar-refractivity contribution in [2.24, 2.45) is 0 Å². The number of carbonyl (C=O) groups is 1. The molecular weight excluding hydrogens is 292 g/mol. The van der Waals surface area contributed by atoms with Crippen molar-refractivity contribution < 1.29 is 9.72 Å². The molecule has 1 aromatic carbocycles. The molecule has 1 heterocycles. The predicted octanol–water partition coefficient (Wildman–Crippen LogP) is 3.19. The van der Waals surface area contributed by atoms with Crippen LogP contribution in [0.1, 0.15) is 42.9 Å². The number of nitrogens with one attached hydrogen (secondary N) is 1.